The van der Waals surface area contributed by atoms with Crippen molar-refractivity contribution in [3.63, 3.8) is 0 Å². The van der Waals surface area contributed by atoms with Crippen molar-refractivity contribution in [2.24, 2.45) is 0 Å². The summed E-state index contributed by atoms with van der Waals surface area (Å²) in [6.07, 6.45) is -0.0301. The molecular formula is C23H24FN5O3. The van der Waals surface area contributed by atoms with Crippen molar-refractivity contribution in [2.45, 2.75) is 12.5 Å². The van der Waals surface area contributed by atoms with E-state index in [1.54, 1.807) is 4.90 Å². The van der Waals surface area contributed by atoms with E-state index < -0.39 is 6.04 Å². The highest BCUT2D eigenvalue weighted by Gasteiger charge is 2.40. The Kier molecular flexibility index (Phi) is 5.59. The first kappa shape index (κ1) is 20.6. The number of fused-ring (bicyclic) bond motifs is 3. The van der Waals surface area contributed by atoms with Crippen molar-refractivity contribution in [3.05, 3.63) is 54.3 Å². The van der Waals surface area contributed by atoms with Crippen LogP contribution >= 0.6 is 0 Å². The average Bonchev–Trinajstić information content (AvgIpc) is 3.29. The maximum absolute atomic E-state index is 13.4. The Labute approximate surface area is 184 Å². The smallest absolute Gasteiger partial charge is 0.253 e. The van der Waals surface area contributed by atoms with E-state index in [0.717, 1.165) is 24.1 Å². The Bertz CT molecular complexity index is 1140. The molecule has 0 bridgehead atoms. The zero-order valence-corrected chi connectivity index (χ0v) is 17.5. The Morgan fingerprint density at radius 1 is 1.09 bits per heavy atom. The molecule has 0 spiro atoms. The summed E-state index contributed by atoms with van der Waals surface area (Å²) in [6.45, 7) is 4.27. The fraction of sp³-hybridized carbons (Fsp3) is 0.348. The van der Waals surface area contributed by atoms with Crippen LogP contribution in [0.15, 0.2) is 48.5 Å². The summed E-state index contributed by atoms with van der Waals surface area (Å²) in [4.78, 5) is 34.8. The molecule has 2 aliphatic rings. The summed E-state index contributed by atoms with van der Waals surface area (Å²) in [5, 5.41) is 2.75. The number of aromatic nitrogens is 2. The van der Waals surface area contributed by atoms with Crippen LogP contribution in [-0.2, 0) is 14.3 Å². The number of amides is 2. The molecule has 1 N–H and O–H groups in total. The second-order valence-corrected chi connectivity index (χ2v) is 7.99. The SMILES string of the molecule is O=C(C[C@@H]1C(=O)N(CCN2CCOCC2)c2nc3ccccc3n21)Nc1ccc(F)cc1. The van der Waals surface area contributed by atoms with E-state index in [-0.39, 0.29) is 24.1 Å². The molecular weight excluding hydrogens is 413 g/mol. The van der Waals surface area contributed by atoms with Crippen LogP contribution in [0.5, 0.6) is 0 Å². The minimum Gasteiger partial charge on any atom is -0.379 e. The molecule has 32 heavy (non-hydrogen) atoms. The Balaban J connectivity index is 1.38. The van der Waals surface area contributed by atoms with Crippen LogP contribution in [0.4, 0.5) is 16.0 Å². The van der Waals surface area contributed by atoms with E-state index in [1.807, 2.05) is 28.8 Å². The zero-order chi connectivity index (χ0) is 22.1. The lowest BCUT2D eigenvalue weighted by Crippen LogP contribution is -2.42. The predicted molar refractivity (Wildman–Crippen MR) is 118 cm³/mol. The minimum atomic E-state index is -0.678. The number of hydrogen-bond donors (Lipinski definition) is 1. The van der Waals surface area contributed by atoms with Gasteiger partial charge in [0.1, 0.15) is 11.9 Å². The van der Waals surface area contributed by atoms with E-state index in [2.05, 4.69) is 10.2 Å². The molecule has 1 saturated heterocycles. The zero-order valence-electron chi connectivity index (χ0n) is 17.5. The van der Waals surface area contributed by atoms with Gasteiger partial charge in [0.25, 0.3) is 5.91 Å². The van der Waals surface area contributed by atoms with Gasteiger partial charge in [0, 0.05) is 31.9 Å². The summed E-state index contributed by atoms with van der Waals surface area (Å²) >= 11 is 0. The average molecular weight is 437 g/mol. The Morgan fingerprint density at radius 3 is 2.62 bits per heavy atom. The van der Waals surface area contributed by atoms with Gasteiger partial charge in [0.2, 0.25) is 11.9 Å². The minimum absolute atomic E-state index is 0.0301. The Morgan fingerprint density at radius 2 is 1.84 bits per heavy atom. The number of ether oxygens (including phenoxy) is 1. The van der Waals surface area contributed by atoms with Crippen molar-refractivity contribution in [3.8, 4) is 0 Å². The molecule has 2 aromatic carbocycles. The number of benzene rings is 2. The van der Waals surface area contributed by atoms with Crippen LogP contribution in [0.1, 0.15) is 12.5 Å². The van der Waals surface area contributed by atoms with Gasteiger partial charge in [-0.2, -0.15) is 0 Å². The van der Waals surface area contributed by atoms with Crippen molar-refractivity contribution in [1.82, 2.24) is 14.5 Å². The first-order valence-corrected chi connectivity index (χ1v) is 10.7. The summed E-state index contributed by atoms with van der Waals surface area (Å²) < 4.78 is 20.4. The highest BCUT2D eigenvalue weighted by molar-refractivity contribution is 6.05. The molecule has 0 aliphatic carbocycles. The predicted octanol–water partition coefficient (Wildman–Crippen LogP) is 2.42. The quantitative estimate of drug-likeness (QED) is 0.641. The number of carbonyl (C=O) groups excluding carboxylic acids is 2. The van der Waals surface area contributed by atoms with E-state index in [0.29, 0.717) is 37.9 Å². The molecule has 8 nitrogen and oxygen atoms in total. The molecule has 0 radical (unpaired) electrons. The third-order valence-electron chi connectivity index (χ3n) is 5.93. The summed E-state index contributed by atoms with van der Waals surface area (Å²) in [5.41, 5.74) is 2.10. The second-order valence-electron chi connectivity index (χ2n) is 7.99. The van der Waals surface area contributed by atoms with Crippen LogP contribution in [0.2, 0.25) is 0 Å². The molecule has 3 aromatic rings. The van der Waals surface area contributed by atoms with Crippen molar-refractivity contribution < 1.29 is 18.7 Å². The first-order chi connectivity index (χ1) is 15.6. The van der Waals surface area contributed by atoms with Gasteiger partial charge < -0.3 is 10.1 Å². The lowest BCUT2D eigenvalue weighted by atomic mass is 10.1. The van der Waals surface area contributed by atoms with Gasteiger partial charge in [0.15, 0.2) is 0 Å². The van der Waals surface area contributed by atoms with Crippen molar-refractivity contribution in [2.75, 3.05) is 49.6 Å². The molecule has 1 atom stereocenters. The number of hydrogen-bond acceptors (Lipinski definition) is 5. The van der Waals surface area contributed by atoms with E-state index in [1.165, 1.54) is 24.3 Å². The summed E-state index contributed by atoms with van der Waals surface area (Å²) in [7, 11) is 0. The number of carbonyl (C=O) groups is 2. The highest BCUT2D eigenvalue weighted by Crippen LogP contribution is 2.36. The van der Waals surface area contributed by atoms with Gasteiger partial charge in [-0.1, -0.05) is 12.1 Å². The summed E-state index contributed by atoms with van der Waals surface area (Å²) in [6, 6.07) is 12.5. The maximum Gasteiger partial charge on any atom is 0.253 e. The second kappa shape index (κ2) is 8.68. The maximum atomic E-state index is 13.4. The number of rotatable bonds is 6. The monoisotopic (exact) mass is 437 g/mol. The highest BCUT2D eigenvalue weighted by atomic mass is 19.1. The van der Waals surface area contributed by atoms with E-state index >= 15 is 0 Å². The fourth-order valence-corrected chi connectivity index (χ4v) is 4.29. The number of halogens is 1. The van der Waals surface area contributed by atoms with Gasteiger partial charge in [-0.25, -0.2) is 9.37 Å². The molecule has 0 unspecified atom stereocenters. The van der Waals surface area contributed by atoms with Gasteiger partial charge in [0.05, 0.1) is 30.7 Å². The molecule has 3 heterocycles. The van der Waals surface area contributed by atoms with Crippen molar-refractivity contribution in [1.29, 1.82) is 0 Å². The van der Waals surface area contributed by atoms with Gasteiger partial charge in [-0.05, 0) is 36.4 Å². The number of imidazole rings is 1. The third kappa shape index (κ3) is 3.96. The lowest BCUT2D eigenvalue weighted by molar-refractivity contribution is -0.124. The van der Waals surface area contributed by atoms with E-state index in [9.17, 15) is 14.0 Å². The molecule has 166 valence electrons. The molecule has 1 fully saturated rings. The first-order valence-electron chi connectivity index (χ1n) is 10.7. The third-order valence-corrected chi connectivity index (χ3v) is 5.93. The fourth-order valence-electron chi connectivity index (χ4n) is 4.29. The largest absolute Gasteiger partial charge is 0.379 e. The number of anilines is 2. The van der Waals surface area contributed by atoms with Crippen LogP contribution in [0, 0.1) is 5.82 Å². The lowest BCUT2D eigenvalue weighted by Gasteiger charge is -2.28. The van der Waals surface area contributed by atoms with Gasteiger partial charge in [-0.15, -0.1) is 0 Å². The number of nitrogens with one attached hydrogen (secondary N) is 1. The normalized spacial score (nSPS) is 18.8. The van der Waals surface area contributed by atoms with Crippen LogP contribution in [0.25, 0.3) is 11.0 Å². The van der Waals surface area contributed by atoms with Gasteiger partial charge >= 0.3 is 0 Å². The molecule has 2 amide bonds. The van der Waals surface area contributed by atoms with Crippen LogP contribution < -0.4 is 10.2 Å². The molecule has 9 heteroatoms. The van der Waals surface area contributed by atoms with E-state index in [4.69, 9.17) is 9.72 Å². The number of nitrogens with zero attached hydrogens (tertiary/aromatic N) is 4. The van der Waals surface area contributed by atoms with Gasteiger partial charge in [-0.3, -0.25) is 24.0 Å². The standard InChI is InChI=1S/C23H24FN5O3/c24-16-5-7-17(8-6-16)25-21(30)15-20-22(31)28(10-9-27-11-13-32-14-12-27)23-26-18-3-1-2-4-19(18)29(20)23/h1-8,20H,9-15H2,(H,25,30)/t20-/m1/s1. The van der Waals surface area contributed by atoms with Crippen LogP contribution in [-0.4, -0.2) is 65.7 Å². The number of morpholine rings is 1. The van der Waals surface area contributed by atoms with Crippen molar-refractivity contribution >= 4 is 34.5 Å². The topological polar surface area (TPSA) is 79.7 Å². The molecule has 5 rings (SSSR count). The Hall–Kier alpha value is -3.30. The molecule has 1 aromatic heterocycles. The molecule has 0 saturated carbocycles. The van der Waals surface area contributed by atoms with Crippen LogP contribution in [0.3, 0.4) is 0 Å². The number of para-hydroxylation sites is 2. The molecule has 2 aliphatic heterocycles. The summed E-state index contributed by atoms with van der Waals surface area (Å²) in [5.74, 6) is -0.252.